The minimum Gasteiger partial charge on any atom is -0.454 e. The first-order chi connectivity index (χ1) is 17.0. The summed E-state index contributed by atoms with van der Waals surface area (Å²) in [6, 6.07) is 18.4. The van der Waals surface area contributed by atoms with Gasteiger partial charge in [-0.15, -0.1) is 0 Å². The van der Waals surface area contributed by atoms with Gasteiger partial charge in [-0.3, -0.25) is 9.69 Å². The van der Waals surface area contributed by atoms with Crippen LogP contribution in [0.4, 0.5) is 10.1 Å². The normalized spacial score (nSPS) is 16.3. The molecule has 1 N–H and O–H groups in total. The van der Waals surface area contributed by atoms with E-state index >= 15 is 0 Å². The van der Waals surface area contributed by atoms with Crippen molar-refractivity contribution in [3.63, 3.8) is 0 Å². The molecule has 2 aliphatic heterocycles. The molecule has 35 heavy (non-hydrogen) atoms. The van der Waals surface area contributed by atoms with Crippen molar-refractivity contribution in [2.45, 2.75) is 19.9 Å². The third kappa shape index (κ3) is 5.10. The highest BCUT2D eigenvalue weighted by Gasteiger charge is 2.27. The van der Waals surface area contributed by atoms with Crippen LogP contribution in [-0.4, -0.2) is 50.3 Å². The first-order valence-electron chi connectivity index (χ1n) is 12.0. The van der Waals surface area contributed by atoms with Crippen molar-refractivity contribution in [3.05, 3.63) is 88.7 Å². The zero-order valence-electron chi connectivity index (χ0n) is 20.1. The molecule has 1 fully saturated rings. The van der Waals surface area contributed by atoms with Crippen molar-refractivity contribution in [1.29, 1.82) is 0 Å². The molecule has 3 aromatic rings. The fourth-order valence-corrected chi connectivity index (χ4v) is 4.70. The van der Waals surface area contributed by atoms with Gasteiger partial charge in [0.25, 0.3) is 5.91 Å². The highest BCUT2D eigenvalue weighted by atomic mass is 19.1. The van der Waals surface area contributed by atoms with Crippen molar-refractivity contribution in [2.75, 3.05) is 44.4 Å². The van der Waals surface area contributed by atoms with Crippen LogP contribution in [0.1, 0.15) is 33.1 Å². The van der Waals surface area contributed by atoms with Crippen LogP contribution in [0.3, 0.4) is 0 Å². The van der Waals surface area contributed by atoms with E-state index in [0.29, 0.717) is 12.1 Å². The van der Waals surface area contributed by atoms with Crippen LogP contribution in [-0.2, 0) is 0 Å². The quantitative estimate of drug-likeness (QED) is 0.570. The number of fused-ring (bicyclic) bond motifs is 1. The number of halogens is 1. The minimum atomic E-state index is -0.227. The maximum absolute atomic E-state index is 13.3. The second-order valence-electron chi connectivity index (χ2n) is 9.14. The Morgan fingerprint density at radius 3 is 2.40 bits per heavy atom. The van der Waals surface area contributed by atoms with E-state index in [1.807, 2.05) is 62.4 Å². The lowest BCUT2D eigenvalue weighted by atomic mass is 10.0. The number of ether oxygens (including phenoxy) is 2. The van der Waals surface area contributed by atoms with E-state index < -0.39 is 0 Å². The van der Waals surface area contributed by atoms with E-state index in [-0.39, 0.29) is 24.6 Å². The van der Waals surface area contributed by atoms with Crippen molar-refractivity contribution in [3.8, 4) is 11.5 Å². The molecule has 3 aromatic carbocycles. The number of hydrogen-bond acceptors (Lipinski definition) is 5. The molecule has 0 saturated carbocycles. The number of anilines is 1. The number of benzene rings is 3. The summed E-state index contributed by atoms with van der Waals surface area (Å²) in [5.41, 5.74) is 5.03. The van der Waals surface area contributed by atoms with E-state index in [4.69, 9.17) is 9.47 Å². The topological polar surface area (TPSA) is 54.0 Å². The van der Waals surface area contributed by atoms with Gasteiger partial charge in [0.2, 0.25) is 6.79 Å². The molecule has 2 aliphatic rings. The highest BCUT2D eigenvalue weighted by Crippen LogP contribution is 2.36. The molecular weight excluding hydrogens is 445 g/mol. The minimum absolute atomic E-state index is 0.0182. The third-order valence-electron chi connectivity index (χ3n) is 6.95. The van der Waals surface area contributed by atoms with Gasteiger partial charge in [-0.2, -0.15) is 0 Å². The Labute approximate surface area is 205 Å². The molecule has 0 bridgehead atoms. The molecule has 1 amide bonds. The van der Waals surface area contributed by atoms with Gasteiger partial charge in [-0.25, -0.2) is 4.39 Å². The monoisotopic (exact) mass is 475 g/mol. The number of nitrogens with one attached hydrogen (secondary N) is 1. The summed E-state index contributed by atoms with van der Waals surface area (Å²) < 4.78 is 24.4. The van der Waals surface area contributed by atoms with Gasteiger partial charge >= 0.3 is 0 Å². The summed E-state index contributed by atoms with van der Waals surface area (Å²) in [5.74, 6) is 1.17. The SMILES string of the molecule is Cc1ccc(C(=O)NCC(c2ccc3c(c2)OCO3)N2CCN(c3ccc(F)cc3)CC2)cc1C. The number of hydrogen-bond donors (Lipinski definition) is 1. The number of carbonyl (C=O) groups excluding carboxylic acids is 1. The zero-order chi connectivity index (χ0) is 24.4. The predicted molar refractivity (Wildman–Crippen MR) is 134 cm³/mol. The molecular formula is C28H30FN3O3. The standard InChI is InChI=1S/C28H30FN3O3/c1-19-3-4-22(15-20(19)2)28(33)30-17-25(21-5-10-26-27(16-21)35-18-34-26)32-13-11-31(12-14-32)24-8-6-23(29)7-9-24/h3-10,15-16,25H,11-14,17-18H2,1-2H3,(H,30,33). The number of nitrogens with zero attached hydrogens (tertiary/aromatic N) is 2. The summed E-state index contributed by atoms with van der Waals surface area (Å²) in [6.45, 7) is 8.02. The highest BCUT2D eigenvalue weighted by molar-refractivity contribution is 5.94. The fourth-order valence-electron chi connectivity index (χ4n) is 4.70. The van der Waals surface area contributed by atoms with Crippen LogP contribution >= 0.6 is 0 Å². The Balaban J connectivity index is 1.32. The largest absolute Gasteiger partial charge is 0.454 e. The van der Waals surface area contributed by atoms with Crippen LogP contribution in [0.2, 0.25) is 0 Å². The summed E-state index contributed by atoms with van der Waals surface area (Å²) >= 11 is 0. The zero-order valence-corrected chi connectivity index (χ0v) is 20.1. The Bertz CT molecular complexity index is 1210. The van der Waals surface area contributed by atoms with E-state index in [9.17, 15) is 9.18 Å². The van der Waals surface area contributed by atoms with Gasteiger partial charge in [0.05, 0.1) is 6.04 Å². The van der Waals surface area contributed by atoms with Crippen molar-refractivity contribution in [2.24, 2.45) is 0 Å². The van der Waals surface area contributed by atoms with Crippen LogP contribution in [0, 0.1) is 19.7 Å². The molecule has 0 aromatic heterocycles. The maximum atomic E-state index is 13.3. The number of rotatable bonds is 6. The molecule has 0 spiro atoms. The average molecular weight is 476 g/mol. The van der Waals surface area contributed by atoms with Crippen LogP contribution in [0.25, 0.3) is 0 Å². The van der Waals surface area contributed by atoms with Gasteiger partial charge < -0.3 is 19.7 Å². The van der Waals surface area contributed by atoms with Gasteiger partial charge in [0.15, 0.2) is 11.5 Å². The van der Waals surface area contributed by atoms with Gasteiger partial charge in [0, 0.05) is 44.0 Å². The number of aryl methyl sites for hydroxylation is 2. The lowest BCUT2D eigenvalue weighted by molar-refractivity contribution is 0.0930. The average Bonchev–Trinajstić information content (AvgIpc) is 3.35. The molecule has 1 unspecified atom stereocenters. The molecule has 0 radical (unpaired) electrons. The van der Waals surface area contributed by atoms with Crippen molar-refractivity contribution < 1.29 is 18.7 Å². The van der Waals surface area contributed by atoms with E-state index in [0.717, 1.165) is 54.5 Å². The Morgan fingerprint density at radius 2 is 1.66 bits per heavy atom. The lowest BCUT2D eigenvalue weighted by Crippen LogP contribution is -2.50. The Hall–Kier alpha value is -3.58. The number of piperazine rings is 1. The van der Waals surface area contributed by atoms with E-state index in [2.05, 4.69) is 15.1 Å². The second-order valence-corrected chi connectivity index (χ2v) is 9.14. The van der Waals surface area contributed by atoms with Crippen LogP contribution in [0.15, 0.2) is 60.7 Å². The summed E-state index contributed by atoms with van der Waals surface area (Å²) in [6.07, 6.45) is 0. The molecule has 182 valence electrons. The first-order valence-corrected chi connectivity index (χ1v) is 12.0. The first kappa shape index (κ1) is 23.2. The van der Waals surface area contributed by atoms with Gasteiger partial charge in [-0.05, 0) is 79.1 Å². The number of amides is 1. The summed E-state index contributed by atoms with van der Waals surface area (Å²) in [7, 11) is 0. The molecule has 2 heterocycles. The molecule has 1 saturated heterocycles. The molecule has 1 atom stereocenters. The molecule has 0 aliphatic carbocycles. The molecule has 7 heteroatoms. The maximum Gasteiger partial charge on any atom is 0.251 e. The van der Waals surface area contributed by atoms with Crippen LogP contribution in [0.5, 0.6) is 11.5 Å². The van der Waals surface area contributed by atoms with E-state index in [1.165, 1.54) is 17.7 Å². The third-order valence-corrected chi connectivity index (χ3v) is 6.95. The summed E-state index contributed by atoms with van der Waals surface area (Å²) in [5, 5.41) is 3.15. The molecule has 5 rings (SSSR count). The van der Waals surface area contributed by atoms with Crippen LogP contribution < -0.4 is 19.7 Å². The summed E-state index contributed by atoms with van der Waals surface area (Å²) in [4.78, 5) is 17.6. The Morgan fingerprint density at radius 1 is 0.914 bits per heavy atom. The smallest absolute Gasteiger partial charge is 0.251 e. The fraction of sp³-hybridized carbons (Fsp3) is 0.321. The lowest BCUT2D eigenvalue weighted by Gasteiger charge is -2.40. The second kappa shape index (κ2) is 9.96. The van der Waals surface area contributed by atoms with Gasteiger partial charge in [0.1, 0.15) is 5.82 Å². The predicted octanol–water partition coefficient (Wildman–Crippen LogP) is 4.46. The van der Waals surface area contributed by atoms with E-state index in [1.54, 1.807) is 0 Å². The van der Waals surface area contributed by atoms with Crippen molar-refractivity contribution in [1.82, 2.24) is 10.2 Å². The number of carbonyl (C=O) groups is 1. The molecule has 6 nitrogen and oxygen atoms in total. The van der Waals surface area contributed by atoms with Gasteiger partial charge in [-0.1, -0.05) is 12.1 Å². The van der Waals surface area contributed by atoms with Crippen molar-refractivity contribution >= 4 is 11.6 Å². The Kier molecular flexibility index (Phi) is 6.59.